The minimum Gasteiger partial charge on any atom is -0.353 e. The highest BCUT2D eigenvalue weighted by Crippen LogP contribution is 2.27. The van der Waals surface area contributed by atoms with E-state index in [4.69, 9.17) is 5.73 Å². The fourth-order valence-electron chi connectivity index (χ4n) is 3.30. The number of rotatable bonds is 3. The summed E-state index contributed by atoms with van der Waals surface area (Å²) < 4.78 is 2.04. The average Bonchev–Trinajstić information content (AvgIpc) is 2.50. The van der Waals surface area contributed by atoms with Gasteiger partial charge in [-0.05, 0) is 47.2 Å². The number of nitrogens with zero attached hydrogens (tertiary/aromatic N) is 4. The Labute approximate surface area is 122 Å². The van der Waals surface area contributed by atoms with Crippen LogP contribution < -0.4 is 10.6 Å². The first kappa shape index (κ1) is 15.3. The standard InChI is InChI=1S/C15H29N5/c1-11(16)9-14-13(3)17-19(5)15(14)20-8-6-7-18(4)10-12(20)2/h11-12H,6-10,16H2,1-5H3. The quantitative estimate of drug-likeness (QED) is 0.902. The van der Waals surface area contributed by atoms with Crippen LogP contribution in [0.15, 0.2) is 0 Å². The number of nitrogens with two attached hydrogens (primary N) is 1. The third kappa shape index (κ3) is 3.15. The normalized spacial score (nSPS) is 22.9. The Morgan fingerprint density at radius 2 is 2.05 bits per heavy atom. The molecule has 0 aliphatic carbocycles. The van der Waals surface area contributed by atoms with E-state index >= 15 is 0 Å². The van der Waals surface area contributed by atoms with Crippen LogP contribution in [0.4, 0.5) is 5.82 Å². The lowest BCUT2D eigenvalue weighted by Crippen LogP contribution is -2.39. The smallest absolute Gasteiger partial charge is 0.130 e. The van der Waals surface area contributed by atoms with Crippen LogP contribution in [0.25, 0.3) is 0 Å². The maximum atomic E-state index is 6.02. The molecule has 114 valence electrons. The molecule has 0 amide bonds. The average molecular weight is 279 g/mol. The molecule has 5 heteroatoms. The number of hydrogen-bond donors (Lipinski definition) is 1. The van der Waals surface area contributed by atoms with E-state index in [2.05, 4.69) is 42.7 Å². The monoisotopic (exact) mass is 279 g/mol. The predicted molar refractivity (Wildman–Crippen MR) is 84.2 cm³/mol. The van der Waals surface area contributed by atoms with Gasteiger partial charge in [0.15, 0.2) is 0 Å². The van der Waals surface area contributed by atoms with Crippen LogP contribution in [-0.4, -0.2) is 53.4 Å². The van der Waals surface area contributed by atoms with Crippen molar-refractivity contribution in [3.8, 4) is 0 Å². The molecule has 1 aromatic heterocycles. The van der Waals surface area contributed by atoms with Gasteiger partial charge in [-0.25, -0.2) is 0 Å². The largest absolute Gasteiger partial charge is 0.353 e. The molecule has 1 aliphatic heterocycles. The molecule has 1 saturated heterocycles. The van der Waals surface area contributed by atoms with Crippen molar-refractivity contribution in [2.45, 2.75) is 45.7 Å². The van der Waals surface area contributed by atoms with E-state index < -0.39 is 0 Å². The van der Waals surface area contributed by atoms with Crippen LogP contribution in [0, 0.1) is 6.92 Å². The third-order valence-corrected chi connectivity index (χ3v) is 4.16. The summed E-state index contributed by atoms with van der Waals surface area (Å²) in [5.74, 6) is 1.27. The first-order chi connectivity index (χ1) is 9.40. The van der Waals surface area contributed by atoms with E-state index in [1.807, 2.05) is 11.7 Å². The highest BCUT2D eigenvalue weighted by molar-refractivity contribution is 5.51. The van der Waals surface area contributed by atoms with E-state index in [1.54, 1.807) is 0 Å². The van der Waals surface area contributed by atoms with Gasteiger partial charge in [0, 0.05) is 37.8 Å². The summed E-state index contributed by atoms with van der Waals surface area (Å²) in [6.07, 6.45) is 2.09. The summed E-state index contributed by atoms with van der Waals surface area (Å²) in [5.41, 5.74) is 8.46. The zero-order valence-electron chi connectivity index (χ0n) is 13.6. The first-order valence-corrected chi connectivity index (χ1v) is 7.63. The van der Waals surface area contributed by atoms with Gasteiger partial charge in [0.2, 0.25) is 0 Å². The minimum atomic E-state index is 0.168. The molecule has 0 radical (unpaired) electrons. The molecule has 20 heavy (non-hydrogen) atoms. The lowest BCUT2D eigenvalue weighted by atomic mass is 10.1. The Bertz CT molecular complexity index is 451. The lowest BCUT2D eigenvalue weighted by Gasteiger charge is -2.31. The van der Waals surface area contributed by atoms with Gasteiger partial charge in [-0.1, -0.05) is 0 Å². The van der Waals surface area contributed by atoms with Gasteiger partial charge in [-0.2, -0.15) is 5.10 Å². The second kappa shape index (κ2) is 6.14. The van der Waals surface area contributed by atoms with Gasteiger partial charge in [0.05, 0.1) is 5.69 Å². The van der Waals surface area contributed by atoms with Crippen LogP contribution in [0.3, 0.4) is 0 Å². The van der Waals surface area contributed by atoms with Crippen molar-refractivity contribution < 1.29 is 0 Å². The number of likely N-dealkylation sites (N-methyl/N-ethyl adjacent to an activating group) is 1. The summed E-state index contributed by atoms with van der Waals surface area (Å²) >= 11 is 0. The third-order valence-electron chi connectivity index (χ3n) is 4.16. The molecule has 0 saturated carbocycles. The van der Waals surface area contributed by atoms with E-state index in [9.17, 15) is 0 Å². The van der Waals surface area contributed by atoms with Gasteiger partial charge in [0.1, 0.15) is 5.82 Å². The number of hydrogen-bond acceptors (Lipinski definition) is 4. The molecule has 0 aromatic carbocycles. The minimum absolute atomic E-state index is 0.168. The zero-order chi connectivity index (χ0) is 14.9. The van der Waals surface area contributed by atoms with Crippen molar-refractivity contribution in [3.05, 3.63) is 11.3 Å². The van der Waals surface area contributed by atoms with E-state index in [0.29, 0.717) is 6.04 Å². The predicted octanol–water partition coefficient (Wildman–Crippen LogP) is 1.15. The summed E-state index contributed by atoms with van der Waals surface area (Å²) in [4.78, 5) is 4.93. The Hall–Kier alpha value is -1.07. The molecule has 0 spiro atoms. The van der Waals surface area contributed by atoms with Crippen molar-refractivity contribution in [3.63, 3.8) is 0 Å². The maximum absolute atomic E-state index is 6.02. The number of anilines is 1. The highest BCUT2D eigenvalue weighted by Gasteiger charge is 2.26. The number of aromatic nitrogens is 2. The zero-order valence-corrected chi connectivity index (χ0v) is 13.6. The molecule has 2 unspecified atom stereocenters. The first-order valence-electron chi connectivity index (χ1n) is 7.63. The molecule has 1 aromatic rings. The van der Waals surface area contributed by atoms with E-state index in [-0.39, 0.29) is 6.04 Å². The van der Waals surface area contributed by atoms with Crippen LogP contribution in [0.1, 0.15) is 31.5 Å². The van der Waals surface area contributed by atoms with Crippen molar-refractivity contribution in [2.24, 2.45) is 12.8 Å². The second-order valence-electron chi connectivity index (χ2n) is 6.35. The second-order valence-corrected chi connectivity index (χ2v) is 6.35. The molecule has 2 N–H and O–H groups in total. The van der Waals surface area contributed by atoms with Crippen LogP contribution >= 0.6 is 0 Å². The molecule has 0 bridgehead atoms. The van der Waals surface area contributed by atoms with Crippen LogP contribution in [0.5, 0.6) is 0 Å². The van der Waals surface area contributed by atoms with Crippen LogP contribution in [0.2, 0.25) is 0 Å². The molecular weight excluding hydrogens is 250 g/mol. The molecule has 2 atom stereocenters. The fraction of sp³-hybridized carbons (Fsp3) is 0.800. The summed E-state index contributed by atoms with van der Waals surface area (Å²) in [6, 6.07) is 0.672. The van der Waals surface area contributed by atoms with Crippen molar-refractivity contribution >= 4 is 5.82 Å². The van der Waals surface area contributed by atoms with Crippen molar-refractivity contribution in [1.82, 2.24) is 14.7 Å². The van der Waals surface area contributed by atoms with Gasteiger partial charge >= 0.3 is 0 Å². The van der Waals surface area contributed by atoms with Gasteiger partial charge < -0.3 is 15.5 Å². The Morgan fingerprint density at radius 3 is 2.70 bits per heavy atom. The molecular formula is C15H29N5. The molecule has 2 heterocycles. The SMILES string of the molecule is Cc1nn(C)c(N2CCCN(C)CC2C)c1CC(C)N. The van der Waals surface area contributed by atoms with E-state index in [0.717, 1.165) is 25.2 Å². The summed E-state index contributed by atoms with van der Waals surface area (Å²) in [6.45, 7) is 9.82. The van der Waals surface area contributed by atoms with E-state index in [1.165, 1.54) is 24.3 Å². The topological polar surface area (TPSA) is 50.3 Å². The lowest BCUT2D eigenvalue weighted by molar-refractivity contribution is 0.336. The van der Waals surface area contributed by atoms with Crippen molar-refractivity contribution in [1.29, 1.82) is 0 Å². The van der Waals surface area contributed by atoms with Gasteiger partial charge in [-0.3, -0.25) is 4.68 Å². The van der Waals surface area contributed by atoms with Gasteiger partial charge in [0.25, 0.3) is 0 Å². The fourth-order valence-corrected chi connectivity index (χ4v) is 3.30. The molecule has 1 fully saturated rings. The summed E-state index contributed by atoms with van der Waals surface area (Å²) in [7, 11) is 4.26. The molecule has 5 nitrogen and oxygen atoms in total. The summed E-state index contributed by atoms with van der Waals surface area (Å²) in [5, 5.41) is 4.63. The molecule has 2 rings (SSSR count). The Kier molecular flexibility index (Phi) is 4.70. The highest BCUT2D eigenvalue weighted by atomic mass is 15.4. The van der Waals surface area contributed by atoms with Crippen LogP contribution in [-0.2, 0) is 13.5 Å². The maximum Gasteiger partial charge on any atom is 0.130 e. The molecule has 1 aliphatic rings. The van der Waals surface area contributed by atoms with Gasteiger partial charge in [-0.15, -0.1) is 0 Å². The Morgan fingerprint density at radius 1 is 1.35 bits per heavy atom. The number of aryl methyl sites for hydroxylation is 2. The van der Waals surface area contributed by atoms with Crippen molar-refractivity contribution in [2.75, 3.05) is 31.6 Å². The Balaban J connectivity index is 2.35.